The van der Waals surface area contributed by atoms with Crippen molar-refractivity contribution in [3.05, 3.63) is 12.7 Å². The van der Waals surface area contributed by atoms with Crippen molar-refractivity contribution in [1.29, 1.82) is 0 Å². The minimum Gasteiger partial charge on any atom is -0.385 e. The molecule has 6 heteroatoms. The second-order valence-corrected chi connectivity index (χ2v) is 3.34. The molecule has 0 saturated carbocycles. The Balaban J connectivity index is 3.83. The van der Waals surface area contributed by atoms with Crippen LogP contribution in [0.2, 0.25) is 0 Å². The van der Waals surface area contributed by atoms with E-state index in [0.29, 0.717) is 13.0 Å². The molecule has 0 fully saturated rings. The summed E-state index contributed by atoms with van der Waals surface area (Å²) in [5, 5.41) is 0. The summed E-state index contributed by atoms with van der Waals surface area (Å²) in [6, 6.07) is 0. The molecule has 72 valence electrons. The first kappa shape index (κ1) is 11.8. The van der Waals surface area contributed by atoms with E-state index in [4.69, 9.17) is 14.5 Å². The average Bonchev–Trinajstić information content (AvgIpc) is 1.95. The molecule has 12 heavy (non-hydrogen) atoms. The van der Waals surface area contributed by atoms with E-state index in [1.54, 1.807) is 0 Å². The van der Waals surface area contributed by atoms with Crippen molar-refractivity contribution in [2.75, 3.05) is 13.7 Å². The van der Waals surface area contributed by atoms with Crippen LogP contribution in [0.5, 0.6) is 0 Å². The highest BCUT2D eigenvalue weighted by atomic mass is 31.2. The van der Waals surface area contributed by atoms with Crippen LogP contribution in [0.3, 0.4) is 0 Å². The van der Waals surface area contributed by atoms with Crippen molar-refractivity contribution in [2.24, 2.45) is 0 Å². The van der Waals surface area contributed by atoms with E-state index in [1.165, 1.54) is 13.2 Å². The minimum absolute atomic E-state index is 0.372. The Morgan fingerprint density at radius 1 is 1.67 bits per heavy atom. The summed E-state index contributed by atoms with van der Waals surface area (Å²) in [6.45, 7) is 3.75. The van der Waals surface area contributed by atoms with Gasteiger partial charge in [-0.3, -0.25) is 4.52 Å². The molecule has 1 unspecified atom stereocenters. The first-order valence-corrected chi connectivity index (χ1v) is 4.88. The monoisotopic (exact) mass is 196 g/mol. The molecule has 0 aromatic rings. The third-order valence-electron chi connectivity index (χ3n) is 1.14. The van der Waals surface area contributed by atoms with E-state index in [9.17, 15) is 4.57 Å². The Bertz CT molecular complexity index is 175. The van der Waals surface area contributed by atoms with Crippen LogP contribution < -0.4 is 0 Å². The quantitative estimate of drug-likeness (QED) is 0.482. The van der Waals surface area contributed by atoms with Crippen molar-refractivity contribution in [3.63, 3.8) is 0 Å². The van der Waals surface area contributed by atoms with Gasteiger partial charge in [0, 0.05) is 20.1 Å². The predicted molar refractivity (Wildman–Crippen MR) is 43.6 cm³/mol. The van der Waals surface area contributed by atoms with Crippen molar-refractivity contribution < 1.29 is 23.6 Å². The van der Waals surface area contributed by atoms with Gasteiger partial charge < -0.3 is 14.5 Å². The first-order chi connectivity index (χ1) is 5.49. The maximum Gasteiger partial charge on any atom is 0.470 e. The van der Waals surface area contributed by atoms with E-state index in [1.807, 2.05) is 0 Å². The van der Waals surface area contributed by atoms with Gasteiger partial charge in [0.1, 0.15) is 0 Å². The van der Waals surface area contributed by atoms with Crippen molar-refractivity contribution >= 4 is 7.82 Å². The van der Waals surface area contributed by atoms with E-state index in [0.717, 1.165) is 0 Å². The zero-order valence-electron chi connectivity index (χ0n) is 6.84. The summed E-state index contributed by atoms with van der Waals surface area (Å²) in [6.07, 6.45) is 1.05. The third-order valence-corrected chi connectivity index (χ3v) is 1.69. The fourth-order valence-electron chi connectivity index (χ4n) is 0.624. The van der Waals surface area contributed by atoms with Crippen LogP contribution in [0.1, 0.15) is 6.42 Å². The van der Waals surface area contributed by atoms with E-state index in [-0.39, 0.29) is 0 Å². The van der Waals surface area contributed by atoms with E-state index >= 15 is 0 Å². The van der Waals surface area contributed by atoms with Crippen molar-refractivity contribution in [1.82, 2.24) is 0 Å². The second-order valence-electron chi connectivity index (χ2n) is 2.15. The molecular weight excluding hydrogens is 183 g/mol. The lowest BCUT2D eigenvalue weighted by Gasteiger charge is -2.13. The Hall–Kier alpha value is -0.190. The minimum atomic E-state index is -4.41. The molecule has 0 aromatic heterocycles. The molecule has 0 spiro atoms. The summed E-state index contributed by atoms with van der Waals surface area (Å²) in [5.41, 5.74) is 0. The van der Waals surface area contributed by atoms with Gasteiger partial charge in [-0.1, -0.05) is 6.08 Å². The predicted octanol–water partition coefficient (Wildman–Crippen LogP) is 0.687. The Morgan fingerprint density at radius 2 is 2.25 bits per heavy atom. The highest BCUT2D eigenvalue weighted by Gasteiger charge is 2.19. The number of ether oxygens (including phenoxy) is 1. The highest BCUT2D eigenvalue weighted by Crippen LogP contribution is 2.38. The molecule has 0 aromatic carbocycles. The fourth-order valence-corrected chi connectivity index (χ4v) is 1.17. The SMILES string of the molecule is C=CC(CCOC)OP(=O)(O)O. The maximum absolute atomic E-state index is 10.3. The molecule has 2 N–H and O–H groups in total. The molecule has 0 bridgehead atoms. The van der Waals surface area contributed by atoms with Gasteiger partial charge in [-0.25, -0.2) is 4.57 Å². The molecule has 0 radical (unpaired) electrons. The lowest BCUT2D eigenvalue weighted by molar-refractivity contribution is 0.118. The molecule has 5 nitrogen and oxygen atoms in total. The fraction of sp³-hybridized carbons (Fsp3) is 0.667. The summed E-state index contributed by atoms with van der Waals surface area (Å²) in [5.74, 6) is 0. The molecule has 0 heterocycles. The molecule has 0 aliphatic carbocycles. The molecule has 1 atom stereocenters. The number of methoxy groups -OCH3 is 1. The summed E-state index contributed by atoms with van der Waals surface area (Å²) >= 11 is 0. The topological polar surface area (TPSA) is 76.0 Å². The van der Waals surface area contributed by atoms with Gasteiger partial charge >= 0.3 is 7.82 Å². The third kappa shape index (κ3) is 6.52. The number of hydrogen-bond donors (Lipinski definition) is 2. The van der Waals surface area contributed by atoms with Crippen LogP contribution in [0.4, 0.5) is 0 Å². The van der Waals surface area contributed by atoms with Crippen LogP contribution in [0.25, 0.3) is 0 Å². The van der Waals surface area contributed by atoms with Gasteiger partial charge in [-0.2, -0.15) is 0 Å². The van der Waals surface area contributed by atoms with Crippen LogP contribution >= 0.6 is 7.82 Å². The van der Waals surface area contributed by atoms with Crippen LogP contribution in [0.15, 0.2) is 12.7 Å². The average molecular weight is 196 g/mol. The molecule has 0 aliphatic heterocycles. The number of phosphoric ester groups is 1. The molecule has 0 amide bonds. The van der Waals surface area contributed by atoms with Crippen molar-refractivity contribution in [3.8, 4) is 0 Å². The smallest absolute Gasteiger partial charge is 0.385 e. The van der Waals surface area contributed by atoms with Gasteiger partial charge in [-0.15, -0.1) is 6.58 Å². The molecule has 0 rings (SSSR count). The lowest BCUT2D eigenvalue weighted by Crippen LogP contribution is -2.10. The van der Waals surface area contributed by atoms with Gasteiger partial charge in [0.05, 0.1) is 6.10 Å². The Labute approximate surface area is 71.2 Å². The Morgan fingerprint density at radius 3 is 2.58 bits per heavy atom. The van der Waals surface area contributed by atoms with Gasteiger partial charge in [0.15, 0.2) is 0 Å². The lowest BCUT2D eigenvalue weighted by atomic mass is 10.3. The standard InChI is InChI=1S/C6H13O5P/c1-3-6(4-5-10-2)11-12(7,8)9/h3,6H,1,4-5H2,2H3,(H2,7,8,9). The summed E-state index contributed by atoms with van der Waals surface area (Å²) < 4.78 is 19.4. The van der Waals surface area contributed by atoms with Crippen LogP contribution in [0, 0.1) is 0 Å². The maximum atomic E-state index is 10.3. The van der Waals surface area contributed by atoms with Crippen LogP contribution in [-0.2, 0) is 13.8 Å². The second kappa shape index (κ2) is 5.45. The molecular formula is C6H13O5P. The summed E-state index contributed by atoms with van der Waals surface area (Å²) in [7, 11) is -2.91. The van der Waals surface area contributed by atoms with E-state index in [2.05, 4.69) is 11.1 Å². The van der Waals surface area contributed by atoms with Gasteiger partial charge in [0.2, 0.25) is 0 Å². The number of phosphoric acid groups is 1. The zero-order chi connectivity index (χ0) is 9.61. The van der Waals surface area contributed by atoms with Gasteiger partial charge in [0.25, 0.3) is 0 Å². The normalized spacial score (nSPS) is 14.2. The van der Waals surface area contributed by atoms with Gasteiger partial charge in [-0.05, 0) is 0 Å². The zero-order valence-corrected chi connectivity index (χ0v) is 7.74. The number of hydrogen-bond acceptors (Lipinski definition) is 3. The van der Waals surface area contributed by atoms with Crippen LogP contribution in [-0.4, -0.2) is 29.6 Å². The van der Waals surface area contributed by atoms with E-state index < -0.39 is 13.9 Å². The molecule has 0 saturated heterocycles. The number of rotatable bonds is 6. The molecule has 0 aliphatic rings. The van der Waals surface area contributed by atoms with Crippen molar-refractivity contribution in [2.45, 2.75) is 12.5 Å². The first-order valence-electron chi connectivity index (χ1n) is 3.35. The largest absolute Gasteiger partial charge is 0.470 e. The highest BCUT2D eigenvalue weighted by molar-refractivity contribution is 7.46. The summed E-state index contributed by atoms with van der Waals surface area (Å²) in [4.78, 5) is 16.8. The Kier molecular flexibility index (Phi) is 5.37.